The summed E-state index contributed by atoms with van der Waals surface area (Å²) in [5, 5.41) is 0.573. The number of ether oxygens (including phenoxy) is 1. The Morgan fingerprint density at radius 3 is 2.70 bits per heavy atom. The largest absolute Gasteiger partial charge is 0.383 e. The van der Waals surface area contributed by atoms with Crippen molar-refractivity contribution in [3.05, 3.63) is 57.9 Å². The number of aromatic nitrogens is 1. The number of aryl methyl sites for hydroxylation is 1. The van der Waals surface area contributed by atoms with E-state index in [1.54, 1.807) is 31.4 Å². The van der Waals surface area contributed by atoms with Gasteiger partial charge in [0.05, 0.1) is 6.61 Å². The van der Waals surface area contributed by atoms with E-state index in [1.807, 2.05) is 19.9 Å². The Balaban J connectivity index is 2.36. The van der Waals surface area contributed by atoms with Crippen molar-refractivity contribution in [2.75, 3.05) is 13.7 Å². The molecule has 0 amide bonds. The lowest BCUT2D eigenvalue weighted by Crippen LogP contribution is -2.09. The number of halogens is 1. The maximum Gasteiger partial charge on any atom is 0.194 e. The number of rotatable bonds is 5. The predicted molar refractivity (Wildman–Crippen MR) is 80.7 cm³/mol. The molecule has 4 heteroatoms. The molecule has 1 heterocycles. The summed E-state index contributed by atoms with van der Waals surface area (Å²) in [4.78, 5) is 12.6. The van der Waals surface area contributed by atoms with Crippen molar-refractivity contribution in [3.8, 4) is 0 Å². The Hall–Kier alpha value is -1.58. The third-order valence-corrected chi connectivity index (χ3v) is 3.66. The number of carbonyl (C=O) groups is 1. The van der Waals surface area contributed by atoms with Crippen LogP contribution in [0.25, 0.3) is 0 Å². The molecule has 0 aliphatic rings. The zero-order chi connectivity index (χ0) is 14.7. The van der Waals surface area contributed by atoms with Crippen LogP contribution in [0.15, 0.2) is 30.3 Å². The van der Waals surface area contributed by atoms with E-state index in [1.165, 1.54) is 0 Å². The van der Waals surface area contributed by atoms with Crippen LogP contribution in [-0.2, 0) is 11.3 Å². The summed E-state index contributed by atoms with van der Waals surface area (Å²) in [6.45, 7) is 5.33. The summed E-state index contributed by atoms with van der Waals surface area (Å²) in [5.74, 6) is 0.00395. The molecule has 2 aromatic rings. The van der Waals surface area contributed by atoms with Gasteiger partial charge in [-0.1, -0.05) is 23.7 Å². The van der Waals surface area contributed by atoms with Crippen LogP contribution >= 0.6 is 11.6 Å². The second kappa shape index (κ2) is 6.25. The maximum atomic E-state index is 12.6. The molecular formula is C16H18ClNO2. The second-order valence-electron chi connectivity index (χ2n) is 4.77. The van der Waals surface area contributed by atoms with Crippen molar-refractivity contribution in [1.29, 1.82) is 0 Å². The fourth-order valence-electron chi connectivity index (χ4n) is 2.34. The quantitative estimate of drug-likeness (QED) is 0.788. The summed E-state index contributed by atoms with van der Waals surface area (Å²) in [6, 6.07) is 8.97. The highest BCUT2D eigenvalue weighted by Crippen LogP contribution is 2.20. The van der Waals surface area contributed by atoms with Gasteiger partial charge >= 0.3 is 0 Å². The number of nitrogens with zero attached hydrogens (tertiary/aromatic N) is 1. The van der Waals surface area contributed by atoms with Crippen LogP contribution in [0.2, 0.25) is 5.02 Å². The molecule has 0 radical (unpaired) electrons. The molecule has 20 heavy (non-hydrogen) atoms. The van der Waals surface area contributed by atoms with E-state index < -0.39 is 0 Å². The molecule has 0 saturated heterocycles. The Labute approximate surface area is 124 Å². The highest BCUT2D eigenvalue weighted by atomic mass is 35.5. The van der Waals surface area contributed by atoms with Crippen LogP contribution in [0.1, 0.15) is 27.3 Å². The zero-order valence-electron chi connectivity index (χ0n) is 11.9. The van der Waals surface area contributed by atoms with Crippen LogP contribution in [0.3, 0.4) is 0 Å². The molecule has 0 saturated carbocycles. The number of benzene rings is 1. The van der Waals surface area contributed by atoms with Gasteiger partial charge in [-0.25, -0.2) is 0 Å². The monoisotopic (exact) mass is 291 g/mol. The Bertz CT molecular complexity index is 631. The number of methoxy groups -OCH3 is 1. The van der Waals surface area contributed by atoms with Gasteiger partial charge in [0.1, 0.15) is 0 Å². The summed E-state index contributed by atoms with van der Waals surface area (Å²) >= 11 is 5.95. The standard InChI is InChI=1S/C16H18ClNO2/c1-11-9-15(12(2)18(11)7-8-20-3)16(19)13-5-4-6-14(17)10-13/h4-6,9-10H,7-8H2,1-3H3. The first-order valence-electron chi connectivity index (χ1n) is 6.50. The summed E-state index contributed by atoms with van der Waals surface area (Å²) < 4.78 is 7.20. The molecule has 0 aliphatic carbocycles. The van der Waals surface area contributed by atoms with Gasteiger partial charge in [0.2, 0.25) is 0 Å². The minimum absolute atomic E-state index is 0.00395. The van der Waals surface area contributed by atoms with Crippen LogP contribution in [0, 0.1) is 13.8 Å². The summed E-state index contributed by atoms with van der Waals surface area (Å²) in [7, 11) is 1.67. The lowest BCUT2D eigenvalue weighted by Gasteiger charge is -2.08. The first-order chi connectivity index (χ1) is 9.54. The first-order valence-corrected chi connectivity index (χ1v) is 6.88. The second-order valence-corrected chi connectivity index (χ2v) is 5.21. The molecular weight excluding hydrogens is 274 g/mol. The van der Waals surface area contributed by atoms with Gasteiger partial charge in [0, 0.05) is 41.2 Å². The molecule has 0 fully saturated rings. The Kier molecular flexibility index (Phi) is 4.63. The van der Waals surface area contributed by atoms with Gasteiger partial charge in [0.25, 0.3) is 0 Å². The normalized spacial score (nSPS) is 10.8. The number of hydrogen-bond acceptors (Lipinski definition) is 2. The fraction of sp³-hybridized carbons (Fsp3) is 0.312. The fourth-order valence-corrected chi connectivity index (χ4v) is 2.53. The molecule has 0 atom stereocenters. The summed E-state index contributed by atoms with van der Waals surface area (Å²) in [6.07, 6.45) is 0. The average molecular weight is 292 g/mol. The summed E-state index contributed by atoms with van der Waals surface area (Å²) in [5.41, 5.74) is 3.36. The van der Waals surface area contributed by atoms with Gasteiger partial charge in [-0.3, -0.25) is 4.79 Å². The zero-order valence-corrected chi connectivity index (χ0v) is 12.7. The highest BCUT2D eigenvalue weighted by molar-refractivity contribution is 6.31. The van der Waals surface area contributed by atoms with Crippen molar-refractivity contribution in [1.82, 2.24) is 4.57 Å². The molecule has 2 rings (SSSR count). The van der Waals surface area contributed by atoms with Crippen molar-refractivity contribution < 1.29 is 9.53 Å². The molecule has 1 aromatic carbocycles. The smallest absolute Gasteiger partial charge is 0.194 e. The third kappa shape index (κ3) is 2.94. The van der Waals surface area contributed by atoms with Crippen LogP contribution in [-0.4, -0.2) is 24.1 Å². The van der Waals surface area contributed by atoms with Gasteiger partial charge < -0.3 is 9.30 Å². The van der Waals surface area contributed by atoms with Gasteiger partial charge in [-0.05, 0) is 32.0 Å². The van der Waals surface area contributed by atoms with E-state index in [-0.39, 0.29) is 5.78 Å². The SMILES string of the molecule is COCCn1c(C)cc(C(=O)c2cccc(Cl)c2)c1C. The average Bonchev–Trinajstić information content (AvgIpc) is 2.71. The van der Waals surface area contributed by atoms with E-state index in [4.69, 9.17) is 16.3 Å². The Morgan fingerprint density at radius 1 is 1.30 bits per heavy atom. The van der Waals surface area contributed by atoms with Crippen molar-refractivity contribution in [2.45, 2.75) is 20.4 Å². The van der Waals surface area contributed by atoms with Crippen LogP contribution in [0.5, 0.6) is 0 Å². The van der Waals surface area contributed by atoms with Crippen molar-refractivity contribution >= 4 is 17.4 Å². The number of hydrogen-bond donors (Lipinski definition) is 0. The highest BCUT2D eigenvalue weighted by Gasteiger charge is 2.17. The minimum atomic E-state index is 0.00395. The molecule has 0 N–H and O–H groups in total. The van der Waals surface area contributed by atoms with Gasteiger partial charge in [0.15, 0.2) is 5.78 Å². The van der Waals surface area contributed by atoms with E-state index >= 15 is 0 Å². The van der Waals surface area contributed by atoms with E-state index in [2.05, 4.69) is 4.57 Å². The Morgan fingerprint density at radius 2 is 2.05 bits per heavy atom. The predicted octanol–water partition coefficient (Wildman–Crippen LogP) is 3.64. The molecule has 0 unspecified atom stereocenters. The van der Waals surface area contributed by atoms with Gasteiger partial charge in [-0.2, -0.15) is 0 Å². The van der Waals surface area contributed by atoms with E-state index in [9.17, 15) is 4.79 Å². The third-order valence-electron chi connectivity index (χ3n) is 3.42. The van der Waals surface area contributed by atoms with E-state index in [0.717, 1.165) is 23.5 Å². The molecule has 106 valence electrons. The number of ketones is 1. The van der Waals surface area contributed by atoms with Crippen molar-refractivity contribution in [3.63, 3.8) is 0 Å². The molecule has 3 nitrogen and oxygen atoms in total. The maximum absolute atomic E-state index is 12.6. The van der Waals surface area contributed by atoms with Crippen LogP contribution < -0.4 is 0 Å². The van der Waals surface area contributed by atoms with E-state index in [0.29, 0.717) is 17.2 Å². The minimum Gasteiger partial charge on any atom is -0.383 e. The van der Waals surface area contributed by atoms with Crippen molar-refractivity contribution in [2.24, 2.45) is 0 Å². The lowest BCUT2D eigenvalue weighted by molar-refractivity contribution is 0.103. The van der Waals surface area contributed by atoms with Crippen LogP contribution in [0.4, 0.5) is 0 Å². The molecule has 0 aliphatic heterocycles. The first kappa shape index (κ1) is 14.8. The topological polar surface area (TPSA) is 31.2 Å². The number of carbonyl (C=O) groups excluding carboxylic acids is 1. The molecule has 1 aromatic heterocycles. The lowest BCUT2D eigenvalue weighted by atomic mass is 10.0. The van der Waals surface area contributed by atoms with Gasteiger partial charge in [-0.15, -0.1) is 0 Å². The molecule has 0 bridgehead atoms. The molecule has 0 spiro atoms.